The highest BCUT2D eigenvalue weighted by molar-refractivity contribution is 9.10. The van der Waals surface area contributed by atoms with Crippen molar-refractivity contribution in [1.82, 2.24) is 9.97 Å². The number of nitrogens with zero attached hydrogens (tertiary/aromatic N) is 2. The van der Waals surface area contributed by atoms with E-state index >= 15 is 0 Å². The molecule has 0 aliphatic rings. The number of benzene rings is 1. The zero-order valence-corrected chi connectivity index (χ0v) is 13.5. The normalized spacial score (nSPS) is 11.5. The van der Waals surface area contributed by atoms with Crippen LogP contribution in [0.4, 0.5) is 4.39 Å². The summed E-state index contributed by atoms with van der Waals surface area (Å²) in [5.41, 5.74) is 0.319. The molecule has 1 aromatic carbocycles. The topological polar surface area (TPSA) is 35.0 Å². The van der Waals surface area contributed by atoms with E-state index in [0.717, 1.165) is 0 Å². The monoisotopic (exact) mass is 338 g/mol. The molecule has 0 aliphatic carbocycles. The standard InChI is InChI=1S/C15H16BrFN2O/c1-9-6-5-7-10(13(9)17)20-12-8-11(16)18-14(19-12)15(2,3)4/h5-8H,1-4H3. The maximum Gasteiger partial charge on any atom is 0.223 e. The van der Waals surface area contributed by atoms with Crippen molar-refractivity contribution in [3.63, 3.8) is 0 Å². The second kappa shape index (κ2) is 5.48. The molecule has 0 bridgehead atoms. The molecule has 5 heteroatoms. The van der Waals surface area contributed by atoms with E-state index in [1.54, 1.807) is 31.2 Å². The first-order chi connectivity index (χ1) is 9.27. The molecule has 2 rings (SSSR count). The molecule has 0 amide bonds. The molecular weight excluding hydrogens is 323 g/mol. The van der Waals surface area contributed by atoms with Crippen molar-refractivity contribution in [1.29, 1.82) is 0 Å². The SMILES string of the molecule is Cc1cccc(Oc2cc(Br)nc(C(C)(C)C)n2)c1F. The highest BCUT2D eigenvalue weighted by atomic mass is 79.9. The number of rotatable bonds is 2. The summed E-state index contributed by atoms with van der Waals surface area (Å²) in [7, 11) is 0. The summed E-state index contributed by atoms with van der Waals surface area (Å²) in [4.78, 5) is 8.66. The maximum absolute atomic E-state index is 13.9. The Morgan fingerprint density at radius 1 is 1.20 bits per heavy atom. The lowest BCUT2D eigenvalue weighted by molar-refractivity contribution is 0.415. The molecule has 2 aromatic rings. The van der Waals surface area contributed by atoms with Crippen LogP contribution in [0.15, 0.2) is 28.9 Å². The number of halogens is 2. The lowest BCUT2D eigenvalue weighted by Gasteiger charge is -2.17. The van der Waals surface area contributed by atoms with Crippen LogP contribution in [0.3, 0.4) is 0 Å². The van der Waals surface area contributed by atoms with Gasteiger partial charge in [-0.25, -0.2) is 9.37 Å². The second-order valence-electron chi connectivity index (χ2n) is 5.59. The largest absolute Gasteiger partial charge is 0.436 e. The van der Waals surface area contributed by atoms with E-state index in [0.29, 0.717) is 21.9 Å². The van der Waals surface area contributed by atoms with E-state index < -0.39 is 0 Å². The molecule has 0 N–H and O–H groups in total. The van der Waals surface area contributed by atoms with Gasteiger partial charge < -0.3 is 4.74 Å². The first kappa shape index (κ1) is 14.9. The molecule has 0 aliphatic heterocycles. The van der Waals surface area contributed by atoms with E-state index in [9.17, 15) is 4.39 Å². The summed E-state index contributed by atoms with van der Waals surface area (Å²) in [6.45, 7) is 7.71. The van der Waals surface area contributed by atoms with Crippen LogP contribution >= 0.6 is 15.9 Å². The molecule has 0 atom stereocenters. The zero-order valence-electron chi connectivity index (χ0n) is 11.9. The molecule has 0 saturated heterocycles. The minimum atomic E-state index is -0.375. The number of aryl methyl sites for hydroxylation is 1. The van der Waals surface area contributed by atoms with E-state index in [1.165, 1.54) is 0 Å². The van der Waals surface area contributed by atoms with Gasteiger partial charge in [0.2, 0.25) is 5.88 Å². The van der Waals surface area contributed by atoms with Crippen molar-refractivity contribution < 1.29 is 9.13 Å². The van der Waals surface area contributed by atoms with Crippen molar-refractivity contribution in [2.45, 2.75) is 33.1 Å². The summed E-state index contributed by atoms with van der Waals surface area (Å²) in [6, 6.07) is 6.64. The van der Waals surface area contributed by atoms with Gasteiger partial charge in [-0.1, -0.05) is 32.9 Å². The third-order valence-electron chi connectivity index (χ3n) is 2.71. The predicted octanol–water partition coefficient (Wildman–Crippen LogP) is 4.78. The van der Waals surface area contributed by atoms with Gasteiger partial charge in [0.1, 0.15) is 10.4 Å². The van der Waals surface area contributed by atoms with E-state index in [4.69, 9.17) is 4.74 Å². The lowest BCUT2D eigenvalue weighted by Crippen LogP contribution is -2.16. The highest BCUT2D eigenvalue weighted by Gasteiger charge is 2.19. The van der Waals surface area contributed by atoms with Crippen molar-refractivity contribution >= 4 is 15.9 Å². The Morgan fingerprint density at radius 3 is 2.55 bits per heavy atom. The van der Waals surface area contributed by atoms with E-state index in [2.05, 4.69) is 25.9 Å². The van der Waals surface area contributed by atoms with Gasteiger partial charge in [-0.15, -0.1) is 0 Å². The van der Waals surface area contributed by atoms with Crippen LogP contribution in [0.25, 0.3) is 0 Å². The fourth-order valence-corrected chi connectivity index (χ4v) is 1.96. The van der Waals surface area contributed by atoms with Gasteiger partial charge in [-0.3, -0.25) is 0 Å². The van der Waals surface area contributed by atoms with Gasteiger partial charge >= 0.3 is 0 Å². The summed E-state index contributed by atoms with van der Waals surface area (Å²) in [5.74, 6) is 0.742. The zero-order chi connectivity index (χ0) is 14.9. The van der Waals surface area contributed by atoms with Gasteiger partial charge in [-0.2, -0.15) is 4.98 Å². The Labute approximate surface area is 126 Å². The van der Waals surface area contributed by atoms with Gasteiger partial charge in [-0.05, 0) is 34.5 Å². The van der Waals surface area contributed by atoms with Crippen molar-refractivity contribution in [2.75, 3.05) is 0 Å². The summed E-state index contributed by atoms with van der Waals surface area (Å²) >= 11 is 3.33. The minimum Gasteiger partial charge on any atom is -0.436 e. The second-order valence-corrected chi connectivity index (χ2v) is 6.40. The molecule has 3 nitrogen and oxygen atoms in total. The van der Waals surface area contributed by atoms with Crippen LogP contribution in [0.2, 0.25) is 0 Å². The Balaban J connectivity index is 2.39. The van der Waals surface area contributed by atoms with Crippen molar-refractivity contribution in [3.05, 3.63) is 46.1 Å². The number of ether oxygens (including phenoxy) is 1. The smallest absolute Gasteiger partial charge is 0.223 e. The molecule has 1 aromatic heterocycles. The number of hydrogen-bond donors (Lipinski definition) is 0. The molecule has 0 spiro atoms. The first-order valence-electron chi connectivity index (χ1n) is 6.25. The molecule has 0 fully saturated rings. The average molecular weight is 339 g/mol. The summed E-state index contributed by atoms with van der Waals surface area (Å²) in [6.07, 6.45) is 0. The third kappa shape index (κ3) is 3.33. The number of aromatic nitrogens is 2. The highest BCUT2D eigenvalue weighted by Crippen LogP contribution is 2.28. The van der Waals surface area contributed by atoms with Crippen LogP contribution in [0.1, 0.15) is 32.2 Å². The van der Waals surface area contributed by atoms with Crippen LogP contribution in [-0.4, -0.2) is 9.97 Å². The van der Waals surface area contributed by atoms with Gasteiger partial charge in [0, 0.05) is 11.5 Å². The first-order valence-corrected chi connectivity index (χ1v) is 7.05. The third-order valence-corrected chi connectivity index (χ3v) is 3.12. The van der Waals surface area contributed by atoms with Crippen LogP contribution in [-0.2, 0) is 5.41 Å². The minimum absolute atomic E-state index is 0.162. The molecule has 1 heterocycles. The van der Waals surface area contributed by atoms with Crippen molar-refractivity contribution in [2.24, 2.45) is 0 Å². The quantitative estimate of drug-likeness (QED) is 0.739. The lowest BCUT2D eigenvalue weighted by atomic mass is 9.96. The maximum atomic E-state index is 13.9. The molecule has 0 radical (unpaired) electrons. The molecule has 0 unspecified atom stereocenters. The summed E-state index contributed by atoms with van der Waals surface area (Å²) in [5, 5.41) is 0. The summed E-state index contributed by atoms with van der Waals surface area (Å²) < 4.78 is 20.1. The van der Waals surface area contributed by atoms with Crippen LogP contribution < -0.4 is 4.74 Å². The Hall–Kier alpha value is -1.49. The molecule has 20 heavy (non-hydrogen) atoms. The van der Waals surface area contributed by atoms with Crippen LogP contribution in [0.5, 0.6) is 11.6 Å². The predicted molar refractivity (Wildman–Crippen MR) is 79.6 cm³/mol. The molecule has 0 saturated carbocycles. The molecular formula is C15H16BrFN2O. The Bertz CT molecular complexity index is 638. The number of hydrogen-bond acceptors (Lipinski definition) is 3. The molecule has 106 valence electrons. The van der Waals surface area contributed by atoms with Gasteiger partial charge in [0.05, 0.1) is 0 Å². The fraction of sp³-hybridized carbons (Fsp3) is 0.333. The van der Waals surface area contributed by atoms with Gasteiger partial charge in [0.15, 0.2) is 11.6 Å². The van der Waals surface area contributed by atoms with E-state index in [1.807, 2.05) is 20.8 Å². The van der Waals surface area contributed by atoms with Crippen molar-refractivity contribution in [3.8, 4) is 11.6 Å². The van der Waals surface area contributed by atoms with Gasteiger partial charge in [0.25, 0.3) is 0 Å². The Morgan fingerprint density at radius 2 is 1.90 bits per heavy atom. The Kier molecular flexibility index (Phi) is 4.09. The van der Waals surface area contributed by atoms with Crippen LogP contribution in [0, 0.1) is 12.7 Å². The average Bonchev–Trinajstić information content (AvgIpc) is 2.33. The van der Waals surface area contributed by atoms with E-state index in [-0.39, 0.29) is 17.0 Å². The fourth-order valence-electron chi connectivity index (χ4n) is 1.60.